The van der Waals surface area contributed by atoms with E-state index in [1.165, 1.54) is 0 Å². The lowest BCUT2D eigenvalue weighted by Gasteiger charge is -2.26. The van der Waals surface area contributed by atoms with Crippen LogP contribution in [0.15, 0.2) is 54.6 Å². The third-order valence-corrected chi connectivity index (χ3v) is 4.64. The lowest BCUT2D eigenvalue weighted by Crippen LogP contribution is -2.41. The van der Waals surface area contributed by atoms with Crippen LogP contribution in [0.1, 0.15) is 35.6 Å². The molecule has 1 aromatic heterocycles. The van der Waals surface area contributed by atoms with Gasteiger partial charge in [0.05, 0.1) is 11.2 Å². The van der Waals surface area contributed by atoms with E-state index in [-0.39, 0.29) is 12.7 Å². The Morgan fingerprint density at radius 1 is 1.07 bits per heavy atom. The fraction of sp³-hybridized carbons (Fsp3) is 0.238. The Morgan fingerprint density at radius 2 is 1.81 bits per heavy atom. The van der Waals surface area contributed by atoms with Gasteiger partial charge in [-0.3, -0.25) is 4.79 Å². The van der Waals surface area contributed by atoms with Crippen molar-refractivity contribution in [1.29, 1.82) is 0 Å². The second-order valence-electron chi connectivity index (χ2n) is 7.07. The molecule has 0 spiro atoms. The number of rotatable bonds is 4. The number of hydrogen-bond donors (Lipinski definition) is 1. The zero-order valence-electron chi connectivity index (χ0n) is 15.5. The van der Waals surface area contributed by atoms with Crippen molar-refractivity contribution in [3.63, 3.8) is 0 Å². The van der Waals surface area contributed by atoms with Gasteiger partial charge in [0.1, 0.15) is 0 Å². The lowest BCUT2D eigenvalue weighted by atomic mass is 9.93. The number of aromatic nitrogens is 2. The maximum absolute atomic E-state index is 12.8. The Morgan fingerprint density at radius 3 is 2.59 bits per heavy atom. The first-order valence-corrected chi connectivity index (χ1v) is 8.79. The molecule has 2 aromatic carbocycles. The second-order valence-corrected chi connectivity index (χ2v) is 7.07. The van der Waals surface area contributed by atoms with Crippen LogP contribution in [-0.4, -0.2) is 22.5 Å². The van der Waals surface area contributed by atoms with Gasteiger partial charge in [0, 0.05) is 5.69 Å². The fourth-order valence-electron chi connectivity index (χ4n) is 3.12. The molecule has 6 nitrogen and oxygen atoms in total. The number of benzene rings is 2. The molecule has 138 valence electrons. The Kier molecular flexibility index (Phi) is 4.11. The number of amides is 1. The number of fused-ring (bicyclic) bond motifs is 1. The first kappa shape index (κ1) is 17.1. The largest absolute Gasteiger partial charge is 0.454 e. The molecule has 1 N–H and O–H groups in total. The van der Waals surface area contributed by atoms with Gasteiger partial charge in [-0.2, -0.15) is 5.10 Å². The van der Waals surface area contributed by atoms with E-state index in [9.17, 15) is 4.79 Å². The molecule has 0 saturated carbocycles. The predicted molar refractivity (Wildman–Crippen MR) is 101 cm³/mol. The molecule has 0 radical (unpaired) electrons. The zero-order chi connectivity index (χ0) is 19.0. The fourth-order valence-corrected chi connectivity index (χ4v) is 3.12. The van der Waals surface area contributed by atoms with E-state index < -0.39 is 5.54 Å². The number of ether oxygens (including phenoxy) is 2. The summed E-state index contributed by atoms with van der Waals surface area (Å²) < 4.78 is 12.6. The average molecular weight is 363 g/mol. The molecule has 0 unspecified atom stereocenters. The van der Waals surface area contributed by atoms with Crippen LogP contribution in [0.2, 0.25) is 0 Å². The minimum Gasteiger partial charge on any atom is -0.454 e. The minimum atomic E-state index is -0.595. The van der Waals surface area contributed by atoms with Gasteiger partial charge < -0.3 is 14.8 Å². The van der Waals surface area contributed by atoms with Gasteiger partial charge in [-0.15, -0.1) is 0 Å². The van der Waals surface area contributed by atoms with E-state index in [4.69, 9.17) is 9.47 Å². The van der Waals surface area contributed by atoms with E-state index in [1.807, 2.05) is 69.3 Å². The van der Waals surface area contributed by atoms with Crippen LogP contribution < -0.4 is 14.8 Å². The molecule has 0 saturated heterocycles. The predicted octanol–water partition coefficient (Wildman–Crippen LogP) is 3.57. The van der Waals surface area contributed by atoms with Crippen LogP contribution in [0.25, 0.3) is 5.69 Å². The highest BCUT2D eigenvalue weighted by Gasteiger charge is 2.27. The summed E-state index contributed by atoms with van der Waals surface area (Å²) in [7, 11) is 0. The molecule has 0 fully saturated rings. The first-order valence-electron chi connectivity index (χ1n) is 8.79. The van der Waals surface area contributed by atoms with Crippen molar-refractivity contribution < 1.29 is 14.3 Å². The van der Waals surface area contributed by atoms with Crippen molar-refractivity contribution >= 4 is 5.91 Å². The number of nitrogens with one attached hydrogen (secondary N) is 1. The Balaban J connectivity index is 1.57. The number of aryl methyl sites for hydroxylation is 1. The average Bonchev–Trinajstić information content (AvgIpc) is 3.28. The van der Waals surface area contributed by atoms with E-state index in [1.54, 1.807) is 10.7 Å². The minimum absolute atomic E-state index is 0.224. The third-order valence-electron chi connectivity index (χ3n) is 4.64. The van der Waals surface area contributed by atoms with Crippen molar-refractivity contribution in [3.05, 3.63) is 71.5 Å². The highest BCUT2D eigenvalue weighted by molar-refractivity contribution is 5.93. The van der Waals surface area contributed by atoms with Gasteiger partial charge in [0.2, 0.25) is 6.79 Å². The van der Waals surface area contributed by atoms with Crippen LogP contribution in [0.3, 0.4) is 0 Å². The smallest absolute Gasteiger partial charge is 0.272 e. The van der Waals surface area contributed by atoms with Crippen LogP contribution in [0.5, 0.6) is 11.5 Å². The van der Waals surface area contributed by atoms with Crippen molar-refractivity contribution in [2.45, 2.75) is 26.3 Å². The van der Waals surface area contributed by atoms with E-state index in [0.29, 0.717) is 11.4 Å². The van der Waals surface area contributed by atoms with Crippen LogP contribution in [-0.2, 0) is 5.54 Å². The molecule has 0 aliphatic carbocycles. The highest BCUT2D eigenvalue weighted by Crippen LogP contribution is 2.35. The summed E-state index contributed by atoms with van der Waals surface area (Å²) in [6.07, 6.45) is 0. The quantitative estimate of drug-likeness (QED) is 0.770. The number of para-hydroxylation sites is 1. The zero-order valence-corrected chi connectivity index (χ0v) is 15.5. The van der Waals surface area contributed by atoms with Crippen LogP contribution >= 0.6 is 0 Å². The summed E-state index contributed by atoms with van der Waals surface area (Å²) in [6, 6.07) is 17.2. The molecule has 1 amide bonds. The van der Waals surface area contributed by atoms with Gasteiger partial charge >= 0.3 is 0 Å². The monoisotopic (exact) mass is 363 g/mol. The van der Waals surface area contributed by atoms with E-state index in [2.05, 4.69) is 10.4 Å². The Bertz CT molecular complexity index is 993. The molecule has 6 heteroatoms. The summed E-state index contributed by atoms with van der Waals surface area (Å²) in [5.41, 5.74) is 2.53. The maximum atomic E-state index is 12.8. The van der Waals surface area contributed by atoms with Crippen LogP contribution in [0, 0.1) is 6.92 Å². The molecule has 3 aromatic rings. The SMILES string of the molecule is Cc1cc(C(=O)NC(C)(C)c2ccc3c(c2)OCO3)nn1-c1ccccc1. The molecule has 2 heterocycles. The standard InChI is InChI=1S/C21H21N3O3/c1-14-11-17(23-24(14)16-7-5-4-6-8-16)20(25)22-21(2,3)15-9-10-18-19(12-15)27-13-26-18/h4-12H,13H2,1-3H3,(H,22,25). The molecule has 27 heavy (non-hydrogen) atoms. The molecule has 1 aliphatic rings. The summed E-state index contributed by atoms with van der Waals surface area (Å²) in [6.45, 7) is 6.05. The number of carbonyl (C=O) groups excluding carboxylic acids is 1. The number of nitrogens with zero attached hydrogens (tertiary/aromatic N) is 2. The van der Waals surface area contributed by atoms with Crippen molar-refractivity contribution in [2.24, 2.45) is 0 Å². The summed E-state index contributed by atoms with van der Waals surface area (Å²) >= 11 is 0. The third kappa shape index (κ3) is 3.26. The maximum Gasteiger partial charge on any atom is 0.272 e. The topological polar surface area (TPSA) is 65.4 Å². The lowest BCUT2D eigenvalue weighted by molar-refractivity contribution is 0.0906. The van der Waals surface area contributed by atoms with E-state index >= 15 is 0 Å². The Hall–Kier alpha value is -3.28. The molecular weight excluding hydrogens is 342 g/mol. The molecule has 1 aliphatic heterocycles. The molecule has 0 atom stereocenters. The van der Waals surface area contributed by atoms with Crippen molar-refractivity contribution in [3.8, 4) is 17.2 Å². The summed E-state index contributed by atoms with van der Waals surface area (Å²) in [4.78, 5) is 12.8. The molecule has 0 bridgehead atoms. The summed E-state index contributed by atoms with van der Waals surface area (Å²) in [5, 5.41) is 7.54. The van der Waals surface area contributed by atoms with Gasteiger partial charge in [0.25, 0.3) is 5.91 Å². The first-order chi connectivity index (χ1) is 12.9. The highest BCUT2D eigenvalue weighted by atomic mass is 16.7. The second kappa shape index (κ2) is 6.46. The van der Waals surface area contributed by atoms with Gasteiger partial charge in [-0.05, 0) is 56.7 Å². The van der Waals surface area contributed by atoms with Crippen molar-refractivity contribution in [2.75, 3.05) is 6.79 Å². The van der Waals surface area contributed by atoms with Crippen LogP contribution in [0.4, 0.5) is 0 Å². The Labute approximate surface area is 157 Å². The normalized spacial score (nSPS) is 12.9. The van der Waals surface area contributed by atoms with Gasteiger partial charge in [-0.25, -0.2) is 4.68 Å². The van der Waals surface area contributed by atoms with Gasteiger partial charge in [-0.1, -0.05) is 24.3 Å². The van der Waals surface area contributed by atoms with Crippen molar-refractivity contribution in [1.82, 2.24) is 15.1 Å². The molecule has 4 rings (SSSR count). The number of hydrogen-bond acceptors (Lipinski definition) is 4. The summed E-state index contributed by atoms with van der Waals surface area (Å²) in [5.74, 6) is 1.19. The number of carbonyl (C=O) groups is 1. The molecular formula is C21H21N3O3. The van der Waals surface area contributed by atoms with E-state index in [0.717, 1.165) is 22.7 Å². The van der Waals surface area contributed by atoms with Gasteiger partial charge in [0.15, 0.2) is 17.2 Å².